The molecule has 0 radical (unpaired) electrons. The topological polar surface area (TPSA) is 112 Å². The van der Waals surface area contributed by atoms with Gasteiger partial charge in [0.05, 0.1) is 4.92 Å². The first-order valence-electron chi connectivity index (χ1n) is 6.12. The molecule has 1 atom stereocenters. The normalized spacial score (nSPS) is 12.6. The van der Waals surface area contributed by atoms with E-state index < -0.39 is 4.92 Å². The molecule has 9 heteroatoms. The lowest BCUT2D eigenvalue weighted by Crippen LogP contribution is -2.24. The van der Waals surface area contributed by atoms with Crippen LogP contribution in [0, 0.1) is 17.0 Å². The summed E-state index contributed by atoms with van der Waals surface area (Å²) in [5.74, 6) is 0.605. The molecule has 1 unspecified atom stereocenters. The molecular formula is C11H16N6O3. The molecule has 9 nitrogen and oxygen atoms in total. The van der Waals surface area contributed by atoms with Crippen molar-refractivity contribution in [3.8, 4) is 11.6 Å². The van der Waals surface area contributed by atoms with Crippen LogP contribution in [0.1, 0.15) is 18.4 Å². The number of nitro groups is 1. The van der Waals surface area contributed by atoms with Crippen LogP contribution >= 0.6 is 0 Å². The Labute approximate surface area is 115 Å². The van der Waals surface area contributed by atoms with Crippen molar-refractivity contribution in [1.29, 1.82) is 0 Å². The van der Waals surface area contributed by atoms with Gasteiger partial charge in [-0.2, -0.15) is 10.1 Å². The molecule has 2 aromatic heterocycles. The van der Waals surface area contributed by atoms with Crippen molar-refractivity contribution >= 4 is 5.69 Å². The largest absolute Gasteiger partial charge is 0.332 e. The third-order valence-electron chi connectivity index (χ3n) is 3.03. The lowest BCUT2D eigenvalue weighted by molar-refractivity contribution is -0.384. The summed E-state index contributed by atoms with van der Waals surface area (Å²) in [7, 11) is 3.44. The second-order valence-corrected chi connectivity index (χ2v) is 4.57. The highest BCUT2D eigenvalue weighted by Crippen LogP contribution is 2.30. The molecule has 0 aromatic carbocycles. The Hall–Kier alpha value is -2.29. The highest BCUT2D eigenvalue weighted by atomic mass is 16.6. The number of hydrogen-bond donors (Lipinski definition) is 1. The Morgan fingerprint density at radius 2 is 2.25 bits per heavy atom. The summed E-state index contributed by atoms with van der Waals surface area (Å²) in [6, 6.07) is 0.184. The fourth-order valence-corrected chi connectivity index (χ4v) is 1.91. The fourth-order valence-electron chi connectivity index (χ4n) is 1.91. The van der Waals surface area contributed by atoms with Gasteiger partial charge in [0.15, 0.2) is 5.82 Å². The molecule has 2 aromatic rings. The molecule has 20 heavy (non-hydrogen) atoms. The van der Waals surface area contributed by atoms with E-state index in [-0.39, 0.29) is 23.3 Å². The van der Waals surface area contributed by atoms with Gasteiger partial charge in [0.25, 0.3) is 5.89 Å². The van der Waals surface area contributed by atoms with Crippen molar-refractivity contribution in [2.75, 3.05) is 7.05 Å². The van der Waals surface area contributed by atoms with Crippen molar-refractivity contribution in [1.82, 2.24) is 25.2 Å². The molecule has 0 saturated carbocycles. The average molecular weight is 280 g/mol. The molecule has 2 heterocycles. The smallest absolute Gasteiger partial charge is 0.322 e. The minimum Gasteiger partial charge on any atom is -0.332 e. The van der Waals surface area contributed by atoms with Crippen LogP contribution in [0.4, 0.5) is 5.69 Å². The van der Waals surface area contributed by atoms with Crippen LogP contribution in [0.2, 0.25) is 0 Å². The van der Waals surface area contributed by atoms with Gasteiger partial charge in [-0.3, -0.25) is 14.8 Å². The molecule has 0 fully saturated rings. The standard InChI is InChI=1S/C11H16N6O3/c1-6(12-3)5-8-13-11(20-15-8)10-9(17(18)19)7(2)14-16(10)4/h6,12H,5H2,1-4H3. The Bertz CT molecular complexity index is 632. The van der Waals surface area contributed by atoms with Gasteiger partial charge in [-0.25, -0.2) is 0 Å². The molecule has 108 valence electrons. The monoisotopic (exact) mass is 280 g/mol. The van der Waals surface area contributed by atoms with Crippen LogP contribution in [-0.2, 0) is 13.5 Å². The maximum absolute atomic E-state index is 11.1. The zero-order chi connectivity index (χ0) is 14.9. The molecular weight excluding hydrogens is 264 g/mol. The highest BCUT2D eigenvalue weighted by molar-refractivity contribution is 5.64. The van der Waals surface area contributed by atoms with Crippen LogP contribution in [0.3, 0.4) is 0 Å². The maximum atomic E-state index is 11.1. The van der Waals surface area contributed by atoms with Crippen LogP contribution in [-0.4, -0.2) is 37.9 Å². The SMILES string of the molecule is CNC(C)Cc1noc(-c2c([N+](=O)[O-])c(C)nn2C)n1. The van der Waals surface area contributed by atoms with Crippen molar-refractivity contribution in [3.05, 3.63) is 21.6 Å². The second-order valence-electron chi connectivity index (χ2n) is 4.57. The number of aromatic nitrogens is 4. The Morgan fingerprint density at radius 3 is 2.85 bits per heavy atom. The molecule has 0 spiro atoms. The van der Waals surface area contributed by atoms with Gasteiger partial charge in [0.1, 0.15) is 5.69 Å². The van der Waals surface area contributed by atoms with Crippen molar-refractivity contribution in [2.24, 2.45) is 7.05 Å². The van der Waals surface area contributed by atoms with Gasteiger partial charge in [-0.05, 0) is 20.9 Å². The van der Waals surface area contributed by atoms with Gasteiger partial charge < -0.3 is 9.84 Å². The highest BCUT2D eigenvalue weighted by Gasteiger charge is 2.29. The van der Waals surface area contributed by atoms with E-state index in [0.717, 1.165) is 0 Å². The van der Waals surface area contributed by atoms with E-state index in [2.05, 4.69) is 20.6 Å². The molecule has 2 rings (SSSR count). The van der Waals surface area contributed by atoms with Crippen LogP contribution in [0.25, 0.3) is 11.6 Å². The van der Waals surface area contributed by atoms with Crippen LogP contribution in [0.15, 0.2) is 4.52 Å². The van der Waals surface area contributed by atoms with E-state index in [0.29, 0.717) is 17.9 Å². The summed E-state index contributed by atoms with van der Waals surface area (Å²) in [5, 5.41) is 22.0. The Morgan fingerprint density at radius 1 is 1.55 bits per heavy atom. The molecule has 0 saturated heterocycles. The minimum absolute atomic E-state index is 0.107. The first kappa shape index (κ1) is 14.1. The number of rotatable bonds is 5. The molecule has 0 aliphatic heterocycles. The summed E-state index contributed by atoms with van der Waals surface area (Å²) >= 11 is 0. The minimum atomic E-state index is -0.488. The van der Waals surface area contributed by atoms with E-state index in [4.69, 9.17) is 4.52 Å². The molecule has 0 bridgehead atoms. The maximum Gasteiger partial charge on any atom is 0.322 e. The van der Waals surface area contributed by atoms with E-state index in [9.17, 15) is 10.1 Å². The first-order valence-corrected chi connectivity index (χ1v) is 6.12. The van der Waals surface area contributed by atoms with Crippen LogP contribution < -0.4 is 5.32 Å². The molecule has 0 amide bonds. The van der Waals surface area contributed by atoms with Crippen LogP contribution in [0.5, 0.6) is 0 Å². The third kappa shape index (κ3) is 2.52. The van der Waals surface area contributed by atoms with Crippen molar-refractivity contribution < 1.29 is 9.45 Å². The molecule has 1 N–H and O–H groups in total. The van der Waals surface area contributed by atoms with E-state index in [1.54, 1.807) is 14.0 Å². The van der Waals surface area contributed by atoms with Gasteiger partial charge in [-0.1, -0.05) is 5.16 Å². The predicted molar refractivity (Wildman–Crippen MR) is 70.1 cm³/mol. The lowest BCUT2D eigenvalue weighted by Gasteiger charge is -2.04. The summed E-state index contributed by atoms with van der Waals surface area (Å²) < 4.78 is 6.51. The quantitative estimate of drug-likeness (QED) is 0.637. The number of nitrogens with zero attached hydrogens (tertiary/aromatic N) is 5. The Kier molecular flexibility index (Phi) is 3.79. The summed E-state index contributed by atoms with van der Waals surface area (Å²) in [6.45, 7) is 3.55. The summed E-state index contributed by atoms with van der Waals surface area (Å²) in [6.07, 6.45) is 0.574. The van der Waals surface area contributed by atoms with E-state index in [1.807, 2.05) is 14.0 Å². The zero-order valence-electron chi connectivity index (χ0n) is 11.7. The fraction of sp³-hybridized carbons (Fsp3) is 0.545. The predicted octanol–water partition coefficient (Wildman–Crippen LogP) is 0.837. The van der Waals surface area contributed by atoms with Gasteiger partial charge >= 0.3 is 5.69 Å². The zero-order valence-corrected chi connectivity index (χ0v) is 11.7. The van der Waals surface area contributed by atoms with Crippen molar-refractivity contribution in [2.45, 2.75) is 26.3 Å². The third-order valence-corrected chi connectivity index (χ3v) is 3.03. The lowest BCUT2D eigenvalue weighted by atomic mass is 10.2. The molecule has 0 aliphatic rings. The van der Waals surface area contributed by atoms with E-state index >= 15 is 0 Å². The second kappa shape index (κ2) is 5.37. The molecule has 0 aliphatic carbocycles. The number of aryl methyl sites for hydroxylation is 2. The van der Waals surface area contributed by atoms with Gasteiger partial charge in [0, 0.05) is 19.5 Å². The average Bonchev–Trinajstić information content (AvgIpc) is 2.93. The van der Waals surface area contributed by atoms with E-state index in [1.165, 1.54) is 4.68 Å². The first-order chi connectivity index (χ1) is 9.43. The van der Waals surface area contributed by atoms with Gasteiger partial charge in [-0.15, -0.1) is 0 Å². The summed E-state index contributed by atoms with van der Waals surface area (Å²) in [4.78, 5) is 14.8. The number of hydrogen-bond acceptors (Lipinski definition) is 7. The number of nitrogens with one attached hydrogen (secondary N) is 1. The summed E-state index contributed by atoms with van der Waals surface area (Å²) in [5.41, 5.74) is 0.434. The van der Waals surface area contributed by atoms with Crippen molar-refractivity contribution in [3.63, 3.8) is 0 Å². The number of likely N-dealkylation sites (N-methyl/N-ethyl adjacent to an activating group) is 1. The Balaban J connectivity index is 2.40. The van der Waals surface area contributed by atoms with Gasteiger partial charge in [0.2, 0.25) is 5.69 Å².